The van der Waals surface area contributed by atoms with Gasteiger partial charge in [0.1, 0.15) is 25.0 Å². The first kappa shape index (κ1) is 33.9. The number of hydrogen-bond acceptors (Lipinski definition) is 3. The molecule has 40 heavy (non-hydrogen) atoms. The van der Waals surface area contributed by atoms with Crippen LogP contribution < -0.4 is 4.74 Å². The molecule has 0 aliphatic rings. The van der Waals surface area contributed by atoms with Crippen LogP contribution in [0.25, 0.3) is 0 Å². The molecule has 0 amide bonds. The van der Waals surface area contributed by atoms with E-state index < -0.39 is 0 Å². The van der Waals surface area contributed by atoms with E-state index in [1.807, 2.05) is 32.0 Å². The zero-order chi connectivity index (χ0) is 29.1. The molecule has 0 bridgehead atoms. The van der Waals surface area contributed by atoms with Crippen LogP contribution in [0.1, 0.15) is 109 Å². The summed E-state index contributed by atoms with van der Waals surface area (Å²) in [4.78, 5) is 12.6. The van der Waals surface area contributed by atoms with Crippen molar-refractivity contribution in [2.45, 2.75) is 117 Å². The monoisotopic (exact) mass is 552 g/mol. The summed E-state index contributed by atoms with van der Waals surface area (Å²) in [7, 11) is 4.43. The Kier molecular flexibility index (Phi) is 16.7. The third-order valence-electron chi connectivity index (χ3n) is 7.81. The number of ether oxygens (including phenoxy) is 2. The Labute approximate surface area is 246 Å². The highest BCUT2D eigenvalue weighted by Crippen LogP contribution is 2.18. The first-order valence-corrected chi connectivity index (χ1v) is 16.1. The number of carbonyl (C=O) groups is 1. The van der Waals surface area contributed by atoms with Gasteiger partial charge in [-0.05, 0) is 37.5 Å². The van der Waals surface area contributed by atoms with Gasteiger partial charge in [0.25, 0.3) is 0 Å². The fourth-order valence-corrected chi connectivity index (χ4v) is 5.15. The molecule has 0 saturated heterocycles. The van der Waals surface area contributed by atoms with E-state index in [1.165, 1.54) is 81.8 Å². The summed E-state index contributed by atoms with van der Waals surface area (Å²) in [5, 5.41) is 0. The molecule has 0 fully saturated rings. The third kappa shape index (κ3) is 15.5. The summed E-state index contributed by atoms with van der Waals surface area (Å²) >= 11 is 0. The molecule has 2 atom stereocenters. The van der Waals surface area contributed by atoms with Crippen LogP contribution in [-0.2, 0) is 22.5 Å². The van der Waals surface area contributed by atoms with Gasteiger partial charge in [-0.1, -0.05) is 121 Å². The van der Waals surface area contributed by atoms with Gasteiger partial charge in [-0.3, -0.25) is 4.79 Å². The average Bonchev–Trinajstić information content (AvgIpc) is 2.94. The van der Waals surface area contributed by atoms with Crippen molar-refractivity contribution < 1.29 is 18.8 Å². The number of unbranched alkanes of at least 4 members (excludes halogenated alkanes) is 10. The summed E-state index contributed by atoms with van der Waals surface area (Å²) in [6, 6.07) is 18.9. The van der Waals surface area contributed by atoms with Crippen molar-refractivity contribution >= 4 is 5.97 Å². The molecule has 0 radical (unpaired) electrons. The van der Waals surface area contributed by atoms with Crippen LogP contribution >= 0.6 is 0 Å². The first-order valence-electron chi connectivity index (χ1n) is 16.1. The van der Waals surface area contributed by atoms with Gasteiger partial charge in [0.2, 0.25) is 0 Å². The summed E-state index contributed by atoms with van der Waals surface area (Å²) in [6.07, 6.45) is 16.9. The molecular formula is C36H58NO3+. The lowest BCUT2D eigenvalue weighted by Gasteiger charge is -2.30. The van der Waals surface area contributed by atoms with E-state index >= 15 is 0 Å². The molecule has 0 aliphatic heterocycles. The van der Waals surface area contributed by atoms with Crippen molar-refractivity contribution in [1.82, 2.24) is 0 Å². The van der Waals surface area contributed by atoms with Crippen LogP contribution in [0.15, 0.2) is 54.6 Å². The smallest absolute Gasteiger partial charge is 0.309 e. The molecule has 2 aromatic carbocycles. The minimum Gasteiger partial charge on any atom is -0.487 e. The van der Waals surface area contributed by atoms with Gasteiger partial charge >= 0.3 is 5.97 Å². The highest BCUT2D eigenvalue weighted by atomic mass is 16.6. The molecule has 4 heteroatoms. The Hall–Kier alpha value is -2.33. The van der Waals surface area contributed by atoms with E-state index in [2.05, 4.69) is 57.4 Å². The Morgan fingerprint density at radius 1 is 0.750 bits per heavy atom. The van der Waals surface area contributed by atoms with E-state index in [-0.39, 0.29) is 24.6 Å². The second kappa shape index (κ2) is 19.7. The van der Waals surface area contributed by atoms with Crippen molar-refractivity contribution in [3.63, 3.8) is 0 Å². The number of rotatable bonds is 22. The van der Waals surface area contributed by atoms with E-state index in [0.29, 0.717) is 0 Å². The van der Waals surface area contributed by atoms with Crippen LogP contribution in [0.4, 0.5) is 0 Å². The van der Waals surface area contributed by atoms with Crippen LogP contribution in [-0.4, -0.2) is 43.8 Å². The number of benzene rings is 2. The molecule has 4 nitrogen and oxygen atoms in total. The van der Waals surface area contributed by atoms with Gasteiger partial charge in [0, 0.05) is 12.0 Å². The topological polar surface area (TPSA) is 35.5 Å². The maximum absolute atomic E-state index is 12.6. The number of nitrogens with zero attached hydrogens (tertiary/aromatic N) is 1. The van der Waals surface area contributed by atoms with E-state index in [1.54, 1.807) is 0 Å². The molecule has 0 heterocycles. The molecule has 224 valence electrons. The minimum absolute atomic E-state index is 0.129. The summed E-state index contributed by atoms with van der Waals surface area (Å²) in [5.74, 6) is 0.562. The van der Waals surface area contributed by atoms with Gasteiger partial charge in [-0.2, -0.15) is 0 Å². The Bertz CT molecular complexity index is 909. The molecule has 0 N–H and O–H groups in total. The van der Waals surface area contributed by atoms with Gasteiger partial charge in [0.05, 0.1) is 26.6 Å². The molecule has 0 saturated carbocycles. The van der Waals surface area contributed by atoms with E-state index in [0.717, 1.165) is 36.2 Å². The van der Waals surface area contributed by atoms with E-state index in [4.69, 9.17) is 9.47 Å². The summed E-state index contributed by atoms with van der Waals surface area (Å²) in [6.45, 7) is 8.34. The molecule has 0 aliphatic carbocycles. The lowest BCUT2D eigenvalue weighted by atomic mass is 10.0. The average molecular weight is 553 g/mol. The maximum atomic E-state index is 12.6. The number of carbonyl (C=O) groups excluding carboxylic acids is 1. The molecule has 2 aromatic rings. The third-order valence-corrected chi connectivity index (χ3v) is 7.81. The zero-order valence-electron chi connectivity index (χ0n) is 26.3. The van der Waals surface area contributed by atoms with E-state index in [9.17, 15) is 4.79 Å². The predicted molar refractivity (Wildman–Crippen MR) is 169 cm³/mol. The van der Waals surface area contributed by atoms with Gasteiger partial charge in [0.15, 0.2) is 0 Å². The molecule has 2 rings (SSSR count). The largest absolute Gasteiger partial charge is 0.487 e. The lowest BCUT2D eigenvalue weighted by molar-refractivity contribution is -0.904. The molecule has 2 unspecified atom stereocenters. The maximum Gasteiger partial charge on any atom is 0.309 e. The quantitative estimate of drug-likeness (QED) is 0.0830. The standard InChI is InChI=1S/C36H58NO3/c1-6-7-8-9-10-11-12-13-14-15-17-20-33-23-25-35(26-24-33)40-32(3)30-39-36(38)31(2)27-28-37(4,5)29-34-21-18-16-19-22-34/h16,18-19,21-26,31-32H,6-15,17,20,27-30H2,1-5H3/q+1. The van der Waals surface area contributed by atoms with Crippen LogP contribution in [0.3, 0.4) is 0 Å². The Morgan fingerprint density at radius 2 is 1.32 bits per heavy atom. The number of quaternary nitrogens is 1. The minimum atomic E-state index is -0.182. The SMILES string of the molecule is CCCCCCCCCCCCCc1ccc(OC(C)COC(=O)C(C)CC[N+](C)(C)Cc2ccccc2)cc1. The fraction of sp³-hybridized carbons (Fsp3) is 0.639. The second-order valence-electron chi connectivity index (χ2n) is 12.5. The first-order chi connectivity index (χ1) is 19.3. The van der Waals surface area contributed by atoms with Crippen molar-refractivity contribution in [3.8, 4) is 5.75 Å². The molecule has 0 aromatic heterocycles. The Morgan fingerprint density at radius 3 is 1.93 bits per heavy atom. The molecular weight excluding hydrogens is 494 g/mol. The van der Waals surface area contributed by atoms with Crippen molar-refractivity contribution in [1.29, 1.82) is 0 Å². The Balaban J connectivity index is 1.55. The van der Waals surface area contributed by atoms with Gasteiger partial charge < -0.3 is 14.0 Å². The summed E-state index contributed by atoms with van der Waals surface area (Å²) < 4.78 is 12.5. The number of hydrogen-bond donors (Lipinski definition) is 0. The predicted octanol–water partition coefficient (Wildman–Crippen LogP) is 9.15. The fourth-order valence-electron chi connectivity index (χ4n) is 5.15. The van der Waals surface area contributed by atoms with Crippen molar-refractivity contribution in [2.24, 2.45) is 5.92 Å². The normalized spacial score (nSPS) is 13.1. The lowest BCUT2D eigenvalue weighted by Crippen LogP contribution is -2.40. The highest BCUT2D eigenvalue weighted by molar-refractivity contribution is 5.71. The van der Waals surface area contributed by atoms with Gasteiger partial charge in [-0.25, -0.2) is 0 Å². The van der Waals surface area contributed by atoms with Crippen LogP contribution in [0.2, 0.25) is 0 Å². The number of esters is 1. The van der Waals surface area contributed by atoms with Crippen LogP contribution in [0, 0.1) is 5.92 Å². The van der Waals surface area contributed by atoms with Crippen molar-refractivity contribution in [2.75, 3.05) is 27.2 Å². The zero-order valence-corrected chi connectivity index (χ0v) is 26.3. The number of aryl methyl sites for hydroxylation is 1. The summed E-state index contributed by atoms with van der Waals surface area (Å²) in [5.41, 5.74) is 2.68. The highest BCUT2D eigenvalue weighted by Gasteiger charge is 2.22. The van der Waals surface area contributed by atoms with Crippen LogP contribution in [0.5, 0.6) is 5.75 Å². The molecule has 0 spiro atoms. The van der Waals surface area contributed by atoms with Gasteiger partial charge in [-0.15, -0.1) is 0 Å². The second-order valence-corrected chi connectivity index (χ2v) is 12.5. The van der Waals surface area contributed by atoms with Crippen molar-refractivity contribution in [3.05, 3.63) is 65.7 Å².